The highest BCUT2D eigenvalue weighted by Crippen LogP contribution is 2.33. The molecule has 3 aromatic rings. The molecule has 0 spiro atoms. The third kappa shape index (κ3) is 2.65. The zero-order chi connectivity index (χ0) is 14.8. The number of furan rings is 1. The third-order valence-electron chi connectivity index (χ3n) is 3.76. The van der Waals surface area contributed by atoms with E-state index in [1.54, 1.807) is 0 Å². The molecule has 0 aliphatic heterocycles. The molecule has 0 radical (unpaired) electrons. The molecular weight excluding hydrogens is 262 g/mol. The molecule has 3 nitrogen and oxygen atoms in total. The summed E-state index contributed by atoms with van der Waals surface area (Å²) in [5.41, 5.74) is 10.3. The van der Waals surface area contributed by atoms with Gasteiger partial charge >= 0.3 is 0 Å². The summed E-state index contributed by atoms with van der Waals surface area (Å²) in [4.78, 5) is 0. The fourth-order valence-corrected chi connectivity index (χ4v) is 2.41. The average molecular weight is 281 g/mol. The van der Waals surface area contributed by atoms with E-state index in [0.717, 1.165) is 22.3 Å². The van der Waals surface area contributed by atoms with Gasteiger partial charge in [0.25, 0.3) is 0 Å². The first kappa shape index (κ1) is 13.7. The first-order valence-corrected chi connectivity index (χ1v) is 7.08. The number of fused-ring (bicyclic) bond motifs is 1. The molecule has 0 unspecified atom stereocenters. The maximum absolute atomic E-state index is 5.99. The minimum atomic E-state index is 0.330. The van der Waals surface area contributed by atoms with E-state index in [0.29, 0.717) is 18.9 Å². The quantitative estimate of drug-likeness (QED) is 0.783. The highest BCUT2D eigenvalue weighted by Gasteiger charge is 2.14. The Kier molecular flexibility index (Phi) is 3.67. The van der Waals surface area contributed by atoms with Crippen LogP contribution >= 0.6 is 0 Å². The standard InChI is InChI=1S/C18H19NO2/c1-12-7-8-14(9-13(12)2)11-20-18-15-5-3-4-6-16(15)21-17(18)10-19/h3-9H,10-11,19H2,1-2H3. The molecule has 0 amide bonds. The van der Waals surface area contributed by atoms with E-state index >= 15 is 0 Å². The van der Waals surface area contributed by atoms with E-state index < -0.39 is 0 Å². The van der Waals surface area contributed by atoms with E-state index in [2.05, 4.69) is 32.0 Å². The van der Waals surface area contributed by atoms with Gasteiger partial charge < -0.3 is 14.9 Å². The lowest BCUT2D eigenvalue weighted by Crippen LogP contribution is -2.01. The van der Waals surface area contributed by atoms with Crippen LogP contribution in [0.1, 0.15) is 22.5 Å². The molecule has 0 aliphatic rings. The van der Waals surface area contributed by atoms with E-state index in [1.165, 1.54) is 11.1 Å². The van der Waals surface area contributed by atoms with Crippen LogP contribution in [0, 0.1) is 13.8 Å². The number of aryl methyl sites for hydroxylation is 2. The molecule has 0 bridgehead atoms. The van der Waals surface area contributed by atoms with Crippen molar-refractivity contribution in [2.24, 2.45) is 5.73 Å². The topological polar surface area (TPSA) is 48.4 Å². The Morgan fingerprint density at radius 3 is 2.62 bits per heavy atom. The van der Waals surface area contributed by atoms with Crippen LogP contribution in [0.15, 0.2) is 46.9 Å². The molecule has 0 saturated heterocycles. The predicted molar refractivity (Wildman–Crippen MR) is 84.4 cm³/mol. The summed E-state index contributed by atoms with van der Waals surface area (Å²) in [5.74, 6) is 1.45. The van der Waals surface area contributed by atoms with E-state index in [1.807, 2.05) is 24.3 Å². The summed E-state index contributed by atoms with van der Waals surface area (Å²) in [6.45, 7) is 5.06. The molecule has 108 valence electrons. The molecule has 21 heavy (non-hydrogen) atoms. The second-order valence-corrected chi connectivity index (χ2v) is 5.26. The highest BCUT2D eigenvalue weighted by molar-refractivity contribution is 5.85. The third-order valence-corrected chi connectivity index (χ3v) is 3.76. The summed E-state index contributed by atoms with van der Waals surface area (Å²) < 4.78 is 11.7. The van der Waals surface area contributed by atoms with Gasteiger partial charge in [0, 0.05) is 0 Å². The summed E-state index contributed by atoms with van der Waals surface area (Å²) >= 11 is 0. The Morgan fingerprint density at radius 2 is 1.86 bits per heavy atom. The molecule has 1 heterocycles. The summed E-state index contributed by atoms with van der Waals surface area (Å²) in [5, 5.41) is 0.974. The van der Waals surface area contributed by atoms with Crippen molar-refractivity contribution in [3.63, 3.8) is 0 Å². The summed E-state index contributed by atoms with van der Waals surface area (Å²) in [7, 11) is 0. The Balaban J connectivity index is 1.89. The van der Waals surface area contributed by atoms with Gasteiger partial charge in [-0.2, -0.15) is 0 Å². The fourth-order valence-electron chi connectivity index (χ4n) is 2.41. The van der Waals surface area contributed by atoms with Crippen LogP contribution in [0.4, 0.5) is 0 Å². The zero-order valence-corrected chi connectivity index (χ0v) is 12.3. The average Bonchev–Trinajstić information content (AvgIpc) is 2.86. The number of hydrogen-bond donors (Lipinski definition) is 1. The van der Waals surface area contributed by atoms with E-state index in [4.69, 9.17) is 14.9 Å². The van der Waals surface area contributed by atoms with Crippen LogP contribution in [0.3, 0.4) is 0 Å². The zero-order valence-electron chi connectivity index (χ0n) is 12.3. The van der Waals surface area contributed by atoms with E-state index in [-0.39, 0.29) is 0 Å². The maximum atomic E-state index is 5.99. The van der Waals surface area contributed by atoms with Gasteiger partial charge in [0.05, 0.1) is 11.9 Å². The largest absolute Gasteiger partial charge is 0.485 e. The fraction of sp³-hybridized carbons (Fsp3) is 0.222. The van der Waals surface area contributed by atoms with Gasteiger partial charge in [0.1, 0.15) is 12.2 Å². The molecule has 0 atom stereocenters. The Hall–Kier alpha value is -2.26. The van der Waals surface area contributed by atoms with Crippen LogP contribution in [0.2, 0.25) is 0 Å². The van der Waals surface area contributed by atoms with Crippen molar-refractivity contribution in [1.29, 1.82) is 0 Å². The first-order chi connectivity index (χ1) is 10.2. The molecular formula is C18H19NO2. The van der Waals surface area contributed by atoms with Crippen LogP contribution in [-0.2, 0) is 13.2 Å². The van der Waals surface area contributed by atoms with Crippen molar-refractivity contribution in [2.75, 3.05) is 0 Å². The normalized spacial score (nSPS) is 11.0. The lowest BCUT2D eigenvalue weighted by atomic mass is 10.1. The molecule has 0 aliphatic carbocycles. The van der Waals surface area contributed by atoms with Crippen LogP contribution < -0.4 is 10.5 Å². The van der Waals surface area contributed by atoms with Crippen molar-refractivity contribution in [1.82, 2.24) is 0 Å². The summed E-state index contributed by atoms with van der Waals surface area (Å²) in [6.07, 6.45) is 0. The lowest BCUT2D eigenvalue weighted by molar-refractivity contribution is 0.299. The Labute approximate surface area is 124 Å². The van der Waals surface area contributed by atoms with Gasteiger partial charge in [-0.25, -0.2) is 0 Å². The molecule has 0 saturated carbocycles. The number of para-hydroxylation sites is 1. The van der Waals surface area contributed by atoms with Gasteiger partial charge in [0.2, 0.25) is 0 Å². The van der Waals surface area contributed by atoms with Crippen LogP contribution in [0.25, 0.3) is 11.0 Å². The van der Waals surface area contributed by atoms with Crippen LogP contribution in [0.5, 0.6) is 5.75 Å². The molecule has 2 N–H and O–H groups in total. The van der Waals surface area contributed by atoms with Gasteiger partial charge in [0.15, 0.2) is 11.5 Å². The Morgan fingerprint density at radius 1 is 1.05 bits per heavy atom. The van der Waals surface area contributed by atoms with Crippen molar-refractivity contribution in [3.05, 3.63) is 64.9 Å². The number of rotatable bonds is 4. The van der Waals surface area contributed by atoms with Gasteiger partial charge in [-0.1, -0.05) is 30.3 Å². The predicted octanol–water partition coefficient (Wildman–Crippen LogP) is 4.09. The molecule has 1 aromatic heterocycles. The number of ether oxygens (including phenoxy) is 1. The van der Waals surface area contributed by atoms with Gasteiger partial charge in [-0.05, 0) is 42.7 Å². The van der Waals surface area contributed by atoms with Gasteiger partial charge in [-0.15, -0.1) is 0 Å². The first-order valence-electron chi connectivity index (χ1n) is 7.08. The number of benzene rings is 2. The number of nitrogens with two attached hydrogens (primary N) is 1. The van der Waals surface area contributed by atoms with Crippen molar-refractivity contribution in [2.45, 2.75) is 27.0 Å². The Bertz CT molecular complexity index is 774. The molecule has 3 rings (SSSR count). The lowest BCUT2D eigenvalue weighted by Gasteiger charge is -2.08. The van der Waals surface area contributed by atoms with Crippen LogP contribution in [-0.4, -0.2) is 0 Å². The van der Waals surface area contributed by atoms with E-state index in [9.17, 15) is 0 Å². The smallest absolute Gasteiger partial charge is 0.170 e. The molecule has 2 aromatic carbocycles. The maximum Gasteiger partial charge on any atom is 0.170 e. The highest BCUT2D eigenvalue weighted by atomic mass is 16.5. The molecule has 0 fully saturated rings. The summed E-state index contributed by atoms with van der Waals surface area (Å²) in [6, 6.07) is 14.2. The minimum absolute atomic E-state index is 0.330. The van der Waals surface area contributed by atoms with Crippen molar-refractivity contribution in [3.8, 4) is 5.75 Å². The molecule has 3 heteroatoms. The van der Waals surface area contributed by atoms with Gasteiger partial charge in [-0.3, -0.25) is 0 Å². The minimum Gasteiger partial charge on any atom is -0.485 e. The second kappa shape index (κ2) is 5.62. The number of hydrogen-bond acceptors (Lipinski definition) is 3. The second-order valence-electron chi connectivity index (χ2n) is 5.26. The SMILES string of the molecule is Cc1ccc(COc2c(CN)oc3ccccc23)cc1C. The van der Waals surface area contributed by atoms with Crippen molar-refractivity contribution < 1.29 is 9.15 Å². The monoisotopic (exact) mass is 281 g/mol. The van der Waals surface area contributed by atoms with Crippen molar-refractivity contribution >= 4 is 11.0 Å².